The number of carbonyl (C=O) groups excluding carboxylic acids is 2. The molecule has 0 heterocycles. The number of carbonyl (C=O) groups is 2. The first-order chi connectivity index (χ1) is 15.5. The summed E-state index contributed by atoms with van der Waals surface area (Å²) in [6.07, 6.45) is 5.46. The van der Waals surface area contributed by atoms with Crippen LogP contribution in [0.25, 0.3) is 0 Å². The van der Waals surface area contributed by atoms with E-state index in [1.165, 1.54) is 0 Å². The Kier molecular flexibility index (Phi) is 8.14. The Labute approximate surface area is 190 Å². The standard InChI is InChI=1S/C26H33NO5/c1-4-6-17-32-23-14-11-20(18-22(23)24(28)31-5-2)27-25(29)26(15-7-8-16-26)19-9-12-21(30-3)13-10-19/h9-14,18H,4-8,15-17H2,1-3H3,(H,27,29). The van der Waals surface area contributed by atoms with E-state index in [1.54, 1.807) is 32.2 Å². The summed E-state index contributed by atoms with van der Waals surface area (Å²) < 4.78 is 16.3. The molecule has 0 atom stereocenters. The Hall–Kier alpha value is -3.02. The van der Waals surface area contributed by atoms with E-state index in [9.17, 15) is 9.59 Å². The molecule has 2 aromatic carbocycles. The number of anilines is 1. The van der Waals surface area contributed by atoms with Crippen molar-refractivity contribution in [2.75, 3.05) is 25.6 Å². The number of amides is 1. The molecule has 1 aliphatic carbocycles. The number of benzene rings is 2. The molecule has 0 radical (unpaired) electrons. The monoisotopic (exact) mass is 439 g/mol. The van der Waals surface area contributed by atoms with E-state index >= 15 is 0 Å². The highest BCUT2D eigenvalue weighted by molar-refractivity contribution is 6.01. The van der Waals surface area contributed by atoms with Gasteiger partial charge in [0.1, 0.15) is 17.1 Å². The van der Waals surface area contributed by atoms with Crippen molar-refractivity contribution in [3.05, 3.63) is 53.6 Å². The van der Waals surface area contributed by atoms with Crippen LogP contribution in [0.15, 0.2) is 42.5 Å². The molecule has 0 bridgehead atoms. The van der Waals surface area contributed by atoms with Gasteiger partial charge in [-0.2, -0.15) is 0 Å². The second-order valence-electron chi connectivity index (χ2n) is 8.11. The van der Waals surface area contributed by atoms with E-state index in [0.29, 0.717) is 23.6 Å². The number of ether oxygens (including phenoxy) is 3. The Morgan fingerprint density at radius 2 is 1.75 bits per heavy atom. The van der Waals surface area contributed by atoms with Gasteiger partial charge in [-0.05, 0) is 62.1 Å². The van der Waals surface area contributed by atoms with Gasteiger partial charge in [-0.25, -0.2) is 4.79 Å². The van der Waals surface area contributed by atoms with Crippen LogP contribution in [-0.2, 0) is 14.9 Å². The van der Waals surface area contributed by atoms with Gasteiger partial charge in [0.2, 0.25) is 5.91 Å². The van der Waals surface area contributed by atoms with Gasteiger partial charge in [0.15, 0.2) is 0 Å². The minimum absolute atomic E-state index is 0.0605. The van der Waals surface area contributed by atoms with Crippen molar-refractivity contribution in [2.45, 2.75) is 57.8 Å². The normalized spacial score (nSPS) is 14.6. The third kappa shape index (κ3) is 5.23. The summed E-state index contributed by atoms with van der Waals surface area (Å²) in [5, 5.41) is 3.05. The molecule has 3 rings (SSSR count). The Morgan fingerprint density at radius 1 is 1.03 bits per heavy atom. The van der Waals surface area contributed by atoms with Gasteiger partial charge in [-0.15, -0.1) is 0 Å². The predicted molar refractivity (Wildman–Crippen MR) is 125 cm³/mol. The molecule has 32 heavy (non-hydrogen) atoms. The molecule has 6 heteroatoms. The third-order valence-corrected chi connectivity index (χ3v) is 6.02. The maximum atomic E-state index is 13.5. The molecule has 0 aromatic heterocycles. The molecule has 1 aliphatic rings. The topological polar surface area (TPSA) is 73.9 Å². The number of esters is 1. The molecule has 2 aromatic rings. The van der Waals surface area contributed by atoms with E-state index < -0.39 is 11.4 Å². The van der Waals surface area contributed by atoms with Crippen LogP contribution in [0.2, 0.25) is 0 Å². The lowest BCUT2D eigenvalue weighted by atomic mass is 9.78. The van der Waals surface area contributed by atoms with Gasteiger partial charge >= 0.3 is 5.97 Å². The fourth-order valence-corrected chi connectivity index (χ4v) is 4.21. The smallest absolute Gasteiger partial charge is 0.341 e. The highest BCUT2D eigenvalue weighted by atomic mass is 16.5. The second kappa shape index (κ2) is 11.0. The van der Waals surface area contributed by atoms with Crippen LogP contribution in [0.1, 0.15) is 68.3 Å². The van der Waals surface area contributed by atoms with Crippen molar-refractivity contribution in [3.63, 3.8) is 0 Å². The summed E-state index contributed by atoms with van der Waals surface area (Å²) in [6.45, 7) is 4.63. The summed E-state index contributed by atoms with van der Waals surface area (Å²) in [6, 6.07) is 12.9. The van der Waals surface area contributed by atoms with E-state index in [-0.39, 0.29) is 12.5 Å². The highest BCUT2D eigenvalue weighted by Crippen LogP contribution is 2.42. The first kappa shape index (κ1) is 23.6. The maximum absolute atomic E-state index is 13.5. The van der Waals surface area contributed by atoms with Crippen molar-refractivity contribution < 1.29 is 23.8 Å². The van der Waals surface area contributed by atoms with E-state index in [4.69, 9.17) is 14.2 Å². The number of unbranched alkanes of at least 4 members (excludes halogenated alkanes) is 1. The molecule has 1 saturated carbocycles. The molecule has 0 aliphatic heterocycles. The van der Waals surface area contributed by atoms with Crippen LogP contribution in [0.4, 0.5) is 5.69 Å². The van der Waals surface area contributed by atoms with Crippen molar-refractivity contribution in [1.82, 2.24) is 0 Å². The van der Waals surface area contributed by atoms with Crippen LogP contribution < -0.4 is 14.8 Å². The third-order valence-electron chi connectivity index (χ3n) is 6.02. The van der Waals surface area contributed by atoms with Crippen LogP contribution in [-0.4, -0.2) is 32.2 Å². The van der Waals surface area contributed by atoms with Gasteiger partial charge in [0.25, 0.3) is 0 Å². The van der Waals surface area contributed by atoms with Crippen molar-refractivity contribution >= 4 is 17.6 Å². The van der Waals surface area contributed by atoms with Crippen molar-refractivity contribution in [2.24, 2.45) is 0 Å². The van der Waals surface area contributed by atoms with Crippen molar-refractivity contribution in [3.8, 4) is 11.5 Å². The quantitative estimate of drug-likeness (QED) is 0.391. The number of hydrogen-bond acceptors (Lipinski definition) is 5. The average molecular weight is 440 g/mol. The van der Waals surface area contributed by atoms with E-state index in [2.05, 4.69) is 12.2 Å². The van der Waals surface area contributed by atoms with E-state index in [1.807, 2.05) is 24.3 Å². The summed E-state index contributed by atoms with van der Waals surface area (Å²) in [7, 11) is 1.63. The highest BCUT2D eigenvalue weighted by Gasteiger charge is 2.42. The van der Waals surface area contributed by atoms with Crippen LogP contribution in [0.5, 0.6) is 11.5 Å². The SMILES string of the molecule is CCCCOc1ccc(NC(=O)C2(c3ccc(OC)cc3)CCCC2)cc1C(=O)OCC. The molecule has 0 spiro atoms. The predicted octanol–water partition coefficient (Wildman–Crippen LogP) is 5.50. The number of nitrogens with one attached hydrogen (secondary N) is 1. The van der Waals surface area contributed by atoms with Gasteiger partial charge in [0.05, 0.1) is 25.7 Å². The molecule has 1 N–H and O–H groups in total. The van der Waals surface area contributed by atoms with Crippen LogP contribution in [0.3, 0.4) is 0 Å². The summed E-state index contributed by atoms with van der Waals surface area (Å²) in [5.41, 5.74) is 1.27. The van der Waals surface area contributed by atoms with Gasteiger partial charge in [-0.3, -0.25) is 4.79 Å². The second-order valence-corrected chi connectivity index (χ2v) is 8.11. The summed E-state index contributed by atoms with van der Waals surface area (Å²) >= 11 is 0. The fourth-order valence-electron chi connectivity index (χ4n) is 4.21. The molecule has 172 valence electrons. The Morgan fingerprint density at radius 3 is 2.38 bits per heavy atom. The zero-order valence-corrected chi connectivity index (χ0v) is 19.2. The number of methoxy groups -OCH3 is 1. The minimum atomic E-state index is -0.591. The van der Waals surface area contributed by atoms with Gasteiger partial charge in [-0.1, -0.05) is 38.3 Å². The minimum Gasteiger partial charge on any atom is -0.497 e. The summed E-state index contributed by atoms with van der Waals surface area (Å²) in [4.78, 5) is 26.0. The van der Waals surface area contributed by atoms with Gasteiger partial charge < -0.3 is 19.5 Å². The molecular formula is C26H33NO5. The lowest BCUT2D eigenvalue weighted by Gasteiger charge is -2.28. The first-order valence-electron chi connectivity index (χ1n) is 11.4. The molecule has 0 saturated heterocycles. The van der Waals surface area contributed by atoms with Crippen LogP contribution >= 0.6 is 0 Å². The molecule has 1 fully saturated rings. The molecule has 6 nitrogen and oxygen atoms in total. The van der Waals surface area contributed by atoms with Gasteiger partial charge in [0, 0.05) is 5.69 Å². The lowest BCUT2D eigenvalue weighted by Crippen LogP contribution is -2.38. The van der Waals surface area contributed by atoms with Crippen LogP contribution in [0, 0.1) is 0 Å². The lowest BCUT2D eigenvalue weighted by molar-refractivity contribution is -0.121. The average Bonchev–Trinajstić information content (AvgIpc) is 3.31. The Bertz CT molecular complexity index is 916. The number of rotatable bonds is 10. The molecule has 0 unspecified atom stereocenters. The largest absolute Gasteiger partial charge is 0.497 e. The zero-order valence-electron chi connectivity index (χ0n) is 19.2. The number of hydrogen-bond donors (Lipinski definition) is 1. The molecular weight excluding hydrogens is 406 g/mol. The maximum Gasteiger partial charge on any atom is 0.341 e. The first-order valence-corrected chi connectivity index (χ1v) is 11.4. The zero-order chi connectivity index (χ0) is 23.0. The van der Waals surface area contributed by atoms with Crippen molar-refractivity contribution in [1.29, 1.82) is 0 Å². The van der Waals surface area contributed by atoms with E-state index in [0.717, 1.165) is 49.8 Å². The molecule has 1 amide bonds. The summed E-state index contributed by atoms with van der Waals surface area (Å²) in [5.74, 6) is 0.719. The Balaban J connectivity index is 1.85. The fraction of sp³-hybridized carbons (Fsp3) is 0.462.